The third kappa shape index (κ3) is 10.7. The van der Waals surface area contributed by atoms with E-state index in [1.165, 1.54) is 0 Å². The molecular weight excluding hydrogens is 151 g/mol. The second-order valence-corrected chi connectivity index (χ2v) is 3.27. The summed E-state index contributed by atoms with van der Waals surface area (Å²) in [4.78, 5) is 0. The first-order valence-electron chi connectivity index (χ1n) is 0.911. The molecule has 0 saturated heterocycles. The van der Waals surface area contributed by atoms with Crippen LogP contribution in [0.3, 0.4) is 0 Å². The van der Waals surface area contributed by atoms with E-state index in [1.54, 1.807) is 0 Å². The molecule has 0 atom stereocenters. The van der Waals surface area contributed by atoms with E-state index in [9.17, 15) is 0 Å². The van der Waals surface area contributed by atoms with Crippen molar-refractivity contribution in [2.45, 2.75) is 0 Å². The fourth-order valence-corrected chi connectivity index (χ4v) is 0. The Morgan fingerprint density at radius 3 is 2.00 bits per heavy atom. The zero-order valence-electron chi connectivity index (χ0n) is 2.07. The van der Waals surface area contributed by atoms with Crippen LogP contribution >= 0.6 is 9.69 Å². The van der Waals surface area contributed by atoms with Crippen molar-refractivity contribution in [1.29, 1.82) is 0 Å². The predicted octanol–water partition coefficient (Wildman–Crippen LogP) is -0.461. The van der Waals surface area contributed by atoms with Crippen LogP contribution in [0.5, 0.6) is 0 Å². The van der Waals surface area contributed by atoms with Gasteiger partial charge in [-0.25, -0.2) is 0 Å². The molecule has 0 amide bonds. The van der Waals surface area contributed by atoms with Crippen LogP contribution in [0, 0.1) is 0 Å². The fourth-order valence-electron chi connectivity index (χ4n) is 0. The Labute approximate surface area is 64.8 Å². The quantitative estimate of drug-likeness (QED) is 0.464. The third-order valence-electron chi connectivity index (χ3n) is 0.0630. The molecule has 0 aromatic rings. The summed E-state index contributed by atoms with van der Waals surface area (Å²) in [5.74, 6) is 0. The van der Waals surface area contributed by atoms with Crippen molar-refractivity contribution >= 4 is 44.9 Å². The summed E-state index contributed by atoms with van der Waals surface area (Å²) in [5.41, 5.74) is 0.828. The molecule has 0 aromatic carbocycles. The minimum absolute atomic E-state index is 0. The van der Waals surface area contributed by atoms with Gasteiger partial charge in [0.1, 0.15) is 0 Å². The standard InChI is InChI=1S/BO.ClH.Na.Zn.H/c1-2;;;;/h;1H;;;/q+1;;;;/p-1. The summed E-state index contributed by atoms with van der Waals surface area (Å²) in [6.45, 7) is 0. The maximum atomic E-state index is 9.12. The van der Waals surface area contributed by atoms with Crippen LogP contribution < -0.4 is 0 Å². The Bertz CT molecular complexity index is 25.6. The molecule has 0 aliphatic rings. The van der Waals surface area contributed by atoms with Gasteiger partial charge in [0.2, 0.25) is 0 Å². The molecule has 0 aliphatic carbocycles. The van der Waals surface area contributed by atoms with E-state index >= 15 is 0 Å². The Hall–Kier alpha value is 1.78. The molecular formula is HBClNaOZn. The van der Waals surface area contributed by atoms with Crippen molar-refractivity contribution in [3.63, 3.8) is 0 Å². The molecule has 0 fully saturated rings. The normalized spacial score (nSPS) is 2.60. The SMILES string of the molecule is O=[B][Zn][Cl].[NaH]. The van der Waals surface area contributed by atoms with Gasteiger partial charge >= 0.3 is 65.5 Å². The van der Waals surface area contributed by atoms with Gasteiger partial charge in [-0.2, -0.15) is 0 Å². The van der Waals surface area contributed by atoms with E-state index in [0.29, 0.717) is 0 Å². The van der Waals surface area contributed by atoms with E-state index in [0.717, 1.165) is 5.64 Å². The van der Waals surface area contributed by atoms with Crippen molar-refractivity contribution in [1.82, 2.24) is 0 Å². The number of rotatable bonds is 1. The Kier molecular flexibility index (Phi) is 18.3. The Morgan fingerprint density at radius 2 is 2.00 bits per heavy atom. The summed E-state index contributed by atoms with van der Waals surface area (Å²) in [7, 11) is 5.01. The van der Waals surface area contributed by atoms with Crippen LogP contribution in [0.4, 0.5) is 0 Å². The van der Waals surface area contributed by atoms with E-state index in [-0.39, 0.29) is 29.6 Å². The molecule has 0 saturated carbocycles. The molecule has 0 unspecified atom stereocenters. The summed E-state index contributed by atoms with van der Waals surface area (Å²) in [5, 5.41) is 0. The topological polar surface area (TPSA) is 17.1 Å². The first kappa shape index (κ1) is 9.91. The second-order valence-electron chi connectivity index (χ2n) is 0.321. The first-order chi connectivity index (χ1) is 1.91. The van der Waals surface area contributed by atoms with Crippen LogP contribution in [0.25, 0.3) is 0 Å². The van der Waals surface area contributed by atoms with Crippen molar-refractivity contribution in [3.8, 4) is 0 Å². The third-order valence-corrected chi connectivity index (χ3v) is 0.982. The van der Waals surface area contributed by atoms with Crippen molar-refractivity contribution in [2.24, 2.45) is 0 Å². The van der Waals surface area contributed by atoms with E-state index < -0.39 is 15.9 Å². The molecule has 5 heavy (non-hydrogen) atoms. The molecule has 20 valence electrons. The van der Waals surface area contributed by atoms with E-state index in [4.69, 9.17) is 14.4 Å². The van der Waals surface area contributed by atoms with Crippen molar-refractivity contribution in [2.75, 3.05) is 0 Å². The Morgan fingerprint density at radius 1 is 1.80 bits per heavy atom. The van der Waals surface area contributed by atoms with Gasteiger partial charge in [-0.1, -0.05) is 0 Å². The van der Waals surface area contributed by atoms with Crippen LogP contribution in [-0.4, -0.2) is 35.2 Å². The number of halogens is 1. The molecule has 5 heteroatoms. The van der Waals surface area contributed by atoms with Crippen LogP contribution in [0.1, 0.15) is 0 Å². The number of hydrogen-bond donors (Lipinski definition) is 0. The van der Waals surface area contributed by atoms with Gasteiger partial charge in [-0.05, 0) is 0 Å². The van der Waals surface area contributed by atoms with Gasteiger partial charge in [-0.15, -0.1) is 0 Å². The molecule has 0 aromatic heterocycles. The van der Waals surface area contributed by atoms with Crippen LogP contribution in [-0.2, 0) is 20.7 Å². The average Bonchev–Trinajstić information content (AvgIpc) is 1.37. The number of hydrogen-bond acceptors (Lipinski definition) is 1. The van der Waals surface area contributed by atoms with E-state index in [1.807, 2.05) is 0 Å². The molecule has 0 heterocycles. The van der Waals surface area contributed by atoms with Gasteiger partial charge in [0, 0.05) is 0 Å². The fraction of sp³-hybridized carbons (Fsp3) is 0. The molecule has 0 bridgehead atoms. The molecule has 0 N–H and O–H groups in total. The van der Waals surface area contributed by atoms with Gasteiger partial charge < -0.3 is 0 Å². The average molecular weight is 152 g/mol. The zero-order valence-corrected chi connectivity index (χ0v) is 5.79. The molecule has 0 aliphatic heterocycles. The van der Waals surface area contributed by atoms with Crippen LogP contribution in [0.2, 0.25) is 0 Å². The van der Waals surface area contributed by atoms with Crippen molar-refractivity contribution in [3.05, 3.63) is 0 Å². The van der Waals surface area contributed by atoms with Crippen molar-refractivity contribution < 1.29 is 20.7 Å². The van der Waals surface area contributed by atoms with Gasteiger partial charge in [-0.3, -0.25) is 0 Å². The van der Waals surface area contributed by atoms with E-state index in [2.05, 4.69) is 0 Å². The summed E-state index contributed by atoms with van der Waals surface area (Å²) in [6.07, 6.45) is 0. The molecule has 0 rings (SSSR count). The molecule has 0 spiro atoms. The summed E-state index contributed by atoms with van der Waals surface area (Å²) < 4.78 is 9.12. The molecule has 0 radical (unpaired) electrons. The van der Waals surface area contributed by atoms with Gasteiger partial charge in [0.15, 0.2) is 0 Å². The monoisotopic (exact) mass is 150 g/mol. The van der Waals surface area contributed by atoms with Gasteiger partial charge in [0.25, 0.3) is 0 Å². The maximum absolute atomic E-state index is 9.12. The Balaban J connectivity index is 0. The summed E-state index contributed by atoms with van der Waals surface area (Å²) >= 11 is -1.10. The minimum atomic E-state index is -1.10. The zero-order chi connectivity index (χ0) is 3.41. The molecule has 1 nitrogen and oxygen atoms in total. The van der Waals surface area contributed by atoms with Crippen LogP contribution in [0.15, 0.2) is 0 Å². The second kappa shape index (κ2) is 9.24. The van der Waals surface area contributed by atoms with Gasteiger partial charge in [0.05, 0.1) is 0 Å². The predicted molar refractivity (Wildman–Crippen MR) is 19.4 cm³/mol. The summed E-state index contributed by atoms with van der Waals surface area (Å²) in [6, 6.07) is 0. The first-order valence-corrected chi connectivity index (χ1v) is 6.52.